The van der Waals surface area contributed by atoms with Crippen molar-refractivity contribution >= 4 is 27.5 Å². The van der Waals surface area contributed by atoms with Crippen molar-refractivity contribution in [1.82, 2.24) is 9.97 Å². The van der Waals surface area contributed by atoms with Crippen LogP contribution in [0.3, 0.4) is 0 Å². The smallest absolute Gasteiger partial charge is 0.348 e. The van der Waals surface area contributed by atoms with E-state index in [4.69, 9.17) is 9.72 Å². The number of H-pyrrole nitrogens is 1. The van der Waals surface area contributed by atoms with E-state index in [1.807, 2.05) is 0 Å². The fraction of sp³-hybridized carbons (Fsp3) is 0.667. The SMILES string of the molecule is CCOC(=O)c1sc2nc([C@@H](C)[NH+]3CC[C@@H]4CCCC[C@@H]4C3)[nH]c(=O)c2c1C. The topological polar surface area (TPSA) is 76.5 Å². The van der Waals surface area contributed by atoms with Crippen LogP contribution in [-0.4, -0.2) is 35.6 Å². The van der Waals surface area contributed by atoms with Gasteiger partial charge in [-0.15, -0.1) is 11.3 Å². The summed E-state index contributed by atoms with van der Waals surface area (Å²) in [7, 11) is 0. The Labute approximate surface area is 169 Å². The zero-order valence-electron chi connectivity index (χ0n) is 17.0. The second kappa shape index (κ2) is 7.95. The molecular weight excluding hydrogens is 374 g/mol. The molecule has 0 amide bonds. The van der Waals surface area contributed by atoms with Crippen molar-refractivity contribution in [2.45, 2.75) is 58.9 Å². The lowest BCUT2D eigenvalue weighted by molar-refractivity contribution is -0.940. The number of ether oxygens (including phenoxy) is 1. The van der Waals surface area contributed by atoms with Gasteiger partial charge in [0.15, 0.2) is 5.82 Å². The first-order valence-electron chi connectivity index (χ1n) is 10.5. The average Bonchev–Trinajstić information content (AvgIpc) is 3.04. The van der Waals surface area contributed by atoms with Gasteiger partial charge in [-0.25, -0.2) is 9.78 Å². The first-order valence-corrected chi connectivity index (χ1v) is 11.4. The fourth-order valence-electron chi connectivity index (χ4n) is 5.09. The quantitative estimate of drug-likeness (QED) is 0.768. The van der Waals surface area contributed by atoms with Crippen LogP contribution in [0.2, 0.25) is 0 Å². The minimum Gasteiger partial charge on any atom is -0.462 e. The number of likely N-dealkylation sites (tertiary alicyclic amines) is 1. The average molecular weight is 405 g/mol. The Morgan fingerprint density at radius 3 is 2.82 bits per heavy atom. The van der Waals surface area contributed by atoms with Gasteiger partial charge in [0.1, 0.15) is 15.7 Å². The maximum Gasteiger partial charge on any atom is 0.348 e. The Morgan fingerprint density at radius 1 is 1.32 bits per heavy atom. The van der Waals surface area contributed by atoms with Crippen molar-refractivity contribution in [1.29, 1.82) is 0 Å². The van der Waals surface area contributed by atoms with Gasteiger partial charge in [-0.05, 0) is 51.5 Å². The summed E-state index contributed by atoms with van der Waals surface area (Å²) in [6, 6.07) is 0.147. The molecule has 28 heavy (non-hydrogen) atoms. The summed E-state index contributed by atoms with van der Waals surface area (Å²) in [6.45, 7) is 8.37. The van der Waals surface area contributed by atoms with Crippen molar-refractivity contribution in [3.63, 3.8) is 0 Å². The Morgan fingerprint density at radius 2 is 2.07 bits per heavy atom. The van der Waals surface area contributed by atoms with Crippen molar-refractivity contribution in [2.75, 3.05) is 19.7 Å². The number of fused-ring (bicyclic) bond motifs is 2. The number of aromatic nitrogens is 2. The summed E-state index contributed by atoms with van der Waals surface area (Å²) in [5, 5.41) is 0.519. The predicted octanol–water partition coefficient (Wildman–Crippen LogP) is 2.63. The third-order valence-electron chi connectivity index (χ3n) is 6.73. The molecule has 1 saturated carbocycles. The van der Waals surface area contributed by atoms with Crippen molar-refractivity contribution in [3.8, 4) is 0 Å². The Balaban J connectivity index is 1.62. The van der Waals surface area contributed by atoms with E-state index in [2.05, 4.69) is 11.9 Å². The van der Waals surface area contributed by atoms with Gasteiger partial charge in [-0.3, -0.25) is 4.79 Å². The van der Waals surface area contributed by atoms with E-state index in [0.29, 0.717) is 27.3 Å². The molecule has 7 heteroatoms. The van der Waals surface area contributed by atoms with Crippen LogP contribution in [-0.2, 0) is 4.74 Å². The molecule has 0 aromatic carbocycles. The molecule has 1 unspecified atom stereocenters. The molecule has 3 heterocycles. The van der Waals surface area contributed by atoms with E-state index in [-0.39, 0.29) is 17.6 Å². The number of hydrogen-bond acceptors (Lipinski definition) is 5. The monoisotopic (exact) mass is 404 g/mol. The molecule has 4 atom stereocenters. The zero-order valence-corrected chi connectivity index (χ0v) is 17.8. The molecule has 1 aliphatic heterocycles. The first kappa shape index (κ1) is 19.6. The third kappa shape index (κ3) is 3.50. The van der Waals surface area contributed by atoms with Crippen LogP contribution in [0, 0.1) is 18.8 Å². The van der Waals surface area contributed by atoms with E-state index in [9.17, 15) is 9.59 Å². The van der Waals surface area contributed by atoms with E-state index >= 15 is 0 Å². The highest BCUT2D eigenvalue weighted by atomic mass is 32.1. The maximum absolute atomic E-state index is 12.8. The van der Waals surface area contributed by atoms with Crippen LogP contribution in [0.5, 0.6) is 0 Å². The van der Waals surface area contributed by atoms with E-state index in [1.54, 1.807) is 13.8 Å². The second-order valence-electron chi connectivity index (χ2n) is 8.34. The lowest BCUT2D eigenvalue weighted by atomic mass is 9.75. The summed E-state index contributed by atoms with van der Waals surface area (Å²) in [5.74, 6) is 2.07. The van der Waals surface area contributed by atoms with Crippen LogP contribution in [0.25, 0.3) is 10.2 Å². The van der Waals surface area contributed by atoms with Gasteiger partial charge < -0.3 is 14.6 Å². The molecular formula is C21H30N3O3S+. The number of quaternary nitrogens is 1. The Kier molecular flexibility index (Phi) is 5.56. The van der Waals surface area contributed by atoms with Gasteiger partial charge in [0.2, 0.25) is 0 Å². The molecule has 1 saturated heterocycles. The van der Waals surface area contributed by atoms with Crippen molar-refractivity contribution < 1.29 is 14.4 Å². The standard InChI is InChI=1S/C21H29N3O3S/c1-4-27-21(26)17-12(2)16-19(25)22-18(23-20(16)28-17)13(3)24-10-9-14-7-5-6-8-15(14)11-24/h13-15H,4-11H2,1-3H3,(H,22,23,25)/p+1/t13-,14+,15-/m1/s1. The molecule has 2 N–H and O–H groups in total. The minimum absolute atomic E-state index is 0.147. The number of aromatic amines is 1. The van der Waals surface area contributed by atoms with Crippen LogP contribution in [0.4, 0.5) is 0 Å². The molecule has 2 aliphatic rings. The highest BCUT2D eigenvalue weighted by Gasteiger charge is 2.36. The lowest BCUT2D eigenvalue weighted by Crippen LogP contribution is -3.14. The molecule has 152 valence electrons. The predicted molar refractivity (Wildman–Crippen MR) is 110 cm³/mol. The number of carbonyl (C=O) groups is 1. The molecule has 0 bridgehead atoms. The van der Waals surface area contributed by atoms with Crippen LogP contribution in [0.1, 0.15) is 73.1 Å². The highest BCUT2D eigenvalue weighted by Crippen LogP contribution is 2.33. The molecule has 0 radical (unpaired) electrons. The molecule has 4 rings (SSSR count). The minimum atomic E-state index is -0.373. The summed E-state index contributed by atoms with van der Waals surface area (Å²) >= 11 is 1.27. The fourth-order valence-corrected chi connectivity index (χ4v) is 6.17. The molecule has 2 fully saturated rings. The van der Waals surface area contributed by atoms with Crippen LogP contribution in [0.15, 0.2) is 4.79 Å². The molecule has 2 aromatic rings. The number of hydrogen-bond donors (Lipinski definition) is 2. The van der Waals surface area contributed by atoms with Gasteiger partial charge in [0, 0.05) is 5.92 Å². The molecule has 6 nitrogen and oxygen atoms in total. The van der Waals surface area contributed by atoms with Crippen molar-refractivity contribution in [2.24, 2.45) is 11.8 Å². The first-order chi connectivity index (χ1) is 13.5. The normalized spacial score (nSPS) is 26.0. The lowest BCUT2D eigenvalue weighted by Gasteiger charge is -2.40. The molecule has 0 spiro atoms. The highest BCUT2D eigenvalue weighted by molar-refractivity contribution is 7.20. The largest absolute Gasteiger partial charge is 0.462 e. The van der Waals surface area contributed by atoms with Crippen molar-refractivity contribution in [3.05, 3.63) is 26.6 Å². The van der Waals surface area contributed by atoms with E-state index in [1.165, 1.54) is 54.9 Å². The zero-order chi connectivity index (χ0) is 19.8. The summed E-state index contributed by atoms with van der Waals surface area (Å²) in [5.41, 5.74) is 0.518. The molecule has 2 aromatic heterocycles. The summed E-state index contributed by atoms with van der Waals surface area (Å²) in [4.78, 5) is 35.4. The van der Waals surface area contributed by atoms with Gasteiger partial charge in [-0.1, -0.05) is 12.8 Å². The van der Waals surface area contributed by atoms with Gasteiger partial charge in [0.25, 0.3) is 5.56 Å². The Hall–Kier alpha value is -1.73. The van der Waals surface area contributed by atoms with Gasteiger partial charge in [0.05, 0.1) is 25.1 Å². The maximum atomic E-state index is 12.8. The van der Waals surface area contributed by atoms with Gasteiger partial charge in [-0.2, -0.15) is 0 Å². The number of thiophene rings is 1. The van der Waals surface area contributed by atoms with Gasteiger partial charge >= 0.3 is 5.97 Å². The number of nitrogens with one attached hydrogen (secondary N) is 2. The van der Waals surface area contributed by atoms with E-state index < -0.39 is 0 Å². The second-order valence-corrected chi connectivity index (χ2v) is 9.33. The summed E-state index contributed by atoms with van der Waals surface area (Å²) < 4.78 is 5.13. The number of piperidine rings is 1. The van der Waals surface area contributed by atoms with E-state index in [0.717, 1.165) is 24.2 Å². The number of carbonyl (C=O) groups excluding carboxylic acids is 1. The number of aryl methyl sites for hydroxylation is 1. The number of nitrogens with zero attached hydrogens (tertiary/aromatic N) is 1. The number of rotatable bonds is 4. The Bertz CT molecular complexity index is 935. The third-order valence-corrected chi connectivity index (χ3v) is 7.90. The van der Waals surface area contributed by atoms with Crippen LogP contribution < -0.4 is 10.5 Å². The van der Waals surface area contributed by atoms with Crippen LogP contribution >= 0.6 is 11.3 Å². The number of esters is 1. The summed E-state index contributed by atoms with van der Waals surface area (Å²) in [6.07, 6.45) is 6.75. The molecule has 1 aliphatic carbocycles.